The van der Waals surface area contributed by atoms with Gasteiger partial charge < -0.3 is 0 Å². The van der Waals surface area contributed by atoms with Gasteiger partial charge in [0.25, 0.3) is 0 Å². The van der Waals surface area contributed by atoms with Crippen LogP contribution < -0.4 is 0 Å². The molecule has 0 atom stereocenters. The van der Waals surface area contributed by atoms with Crippen molar-refractivity contribution in [2.75, 3.05) is 0 Å². The fourth-order valence-electron chi connectivity index (χ4n) is 2.03. The third-order valence-electron chi connectivity index (χ3n) is 2.76. The topological polar surface area (TPSA) is 0 Å². The Bertz CT molecular complexity index is 500. The van der Waals surface area contributed by atoms with Gasteiger partial charge in [-0.1, -0.05) is 56.3 Å². The second-order valence-electron chi connectivity index (χ2n) is 4.78. The van der Waals surface area contributed by atoms with Gasteiger partial charge in [0, 0.05) is 5.56 Å². The van der Waals surface area contributed by atoms with Crippen LogP contribution in [0.1, 0.15) is 19.4 Å². The Morgan fingerprint density at radius 2 is 1.76 bits per heavy atom. The summed E-state index contributed by atoms with van der Waals surface area (Å²) in [5.74, 6) is 0.458. The van der Waals surface area contributed by atoms with Crippen LogP contribution in [0.25, 0.3) is 11.1 Å². The summed E-state index contributed by atoms with van der Waals surface area (Å²) < 4.78 is 13.7. The molecule has 0 radical (unpaired) electrons. The van der Waals surface area contributed by atoms with Gasteiger partial charge in [0.2, 0.25) is 0 Å². The molecule has 2 aromatic rings. The highest BCUT2D eigenvalue weighted by atomic mass is 19.1. The second-order valence-corrected chi connectivity index (χ2v) is 4.78. The summed E-state index contributed by atoms with van der Waals surface area (Å²) in [4.78, 5) is 0. The van der Waals surface area contributed by atoms with Gasteiger partial charge >= 0.3 is 0 Å². The molecule has 0 N–H and O–H groups in total. The molecule has 0 aliphatic rings. The van der Waals surface area contributed by atoms with Gasteiger partial charge in [0.05, 0.1) is 0 Å². The summed E-state index contributed by atoms with van der Waals surface area (Å²) in [6.07, 6.45) is 1.03. The lowest BCUT2D eigenvalue weighted by atomic mass is 9.98. The van der Waals surface area contributed by atoms with Crippen LogP contribution in [0, 0.1) is 11.7 Å². The molecule has 0 aliphatic carbocycles. The summed E-state index contributed by atoms with van der Waals surface area (Å²) in [6, 6.07) is 15.1. The van der Waals surface area contributed by atoms with Gasteiger partial charge in [-0.2, -0.15) is 0 Å². The van der Waals surface area contributed by atoms with Crippen molar-refractivity contribution in [2.45, 2.75) is 20.3 Å². The zero-order valence-corrected chi connectivity index (χ0v) is 10.3. The third kappa shape index (κ3) is 2.94. The van der Waals surface area contributed by atoms with Gasteiger partial charge in [0.1, 0.15) is 5.82 Å². The number of halogens is 1. The van der Waals surface area contributed by atoms with Crippen LogP contribution >= 0.6 is 0 Å². The van der Waals surface area contributed by atoms with Crippen molar-refractivity contribution in [3.63, 3.8) is 0 Å². The van der Waals surface area contributed by atoms with Crippen LogP contribution in [0.15, 0.2) is 48.5 Å². The van der Waals surface area contributed by atoms with Crippen LogP contribution in [-0.4, -0.2) is 0 Å². The molecule has 0 bridgehead atoms. The highest BCUT2D eigenvalue weighted by molar-refractivity contribution is 5.64. The molecule has 0 amide bonds. The largest absolute Gasteiger partial charge is 0.206 e. The van der Waals surface area contributed by atoms with E-state index in [9.17, 15) is 4.39 Å². The maximum Gasteiger partial charge on any atom is 0.131 e. The van der Waals surface area contributed by atoms with Crippen molar-refractivity contribution >= 4 is 0 Å². The summed E-state index contributed by atoms with van der Waals surface area (Å²) >= 11 is 0. The molecule has 0 nitrogen and oxygen atoms in total. The number of hydrogen-bond donors (Lipinski definition) is 0. The first-order valence-corrected chi connectivity index (χ1v) is 6.00. The van der Waals surface area contributed by atoms with Crippen molar-refractivity contribution in [1.82, 2.24) is 0 Å². The van der Waals surface area contributed by atoms with E-state index in [1.165, 1.54) is 11.6 Å². The smallest absolute Gasteiger partial charge is 0.131 e. The molecule has 17 heavy (non-hydrogen) atoms. The SMILES string of the molecule is CC(C)Cc1cccc(-c2ccccc2F)c1. The Morgan fingerprint density at radius 1 is 1.00 bits per heavy atom. The molecule has 0 unspecified atom stereocenters. The predicted molar refractivity (Wildman–Crippen MR) is 70.4 cm³/mol. The number of hydrogen-bond acceptors (Lipinski definition) is 0. The summed E-state index contributed by atoms with van der Waals surface area (Å²) in [5.41, 5.74) is 2.90. The van der Waals surface area contributed by atoms with E-state index in [1.807, 2.05) is 24.3 Å². The van der Waals surface area contributed by atoms with E-state index < -0.39 is 0 Å². The first kappa shape index (κ1) is 11.8. The van der Waals surface area contributed by atoms with Crippen LogP contribution in [0.4, 0.5) is 4.39 Å². The minimum Gasteiger partial charge on any atom is -0.206 e. The third-order valence-corrected chi connectivity index (χ3v) is 2.76. The van der Waals surface area contributed by atoms with E-state index in [-0.39, 0.29) is 5.82 Å². The quantitative estimate of drug-likeness (QED) is 0.714. The molecule has 0 spiro atoms. The Labute approximate surface area is 102 Å². The van der Waals surface area contributed by atoms with Gasteiger partial charge in [-0.3, -0.25) is 0 Å². The van der Waals surface area contributed by atoms with Crippen LogP contribution in [0.2, 0.25) is 0 Å². The molecule has 0 fully saturated rings. The van der Waals surface area contributed by atoms with Crippen molar-refractivity contribution < 1.29 is 4.39 Å². The van der Waals surface area contributed by atoms with Gasteiger partial charge in [-0.05, 0) is 29.5 Å². The molecular formula is C16H17F. The fraction of sp³-hybridized carbons (Fsp3) is 0.250. The van der Waals surface area contributed by atoms with Crippen molar-refractivity contribution in [2.24, 2.45) is 5.92 Å². The van der Waals surface area contributed by atoms with Crippen LogP contribution in [0.5, 0.6) is 0 Å². The Kier molecular flexibility index (Phi) is 3.58. The Morgan fingerprint density at radius 3 is 2.47 bits per heavy atom. The van der Waals surface area contributed by atoms with E-state index >= 15 is 0 Å². The van der Waals surface area contributed by atoms with Crippen LogP contribution in [-0.2, 0) is 6.42 Å². The molecular weight excluding hydrogens is 211 g/mol. The van der Waals surface area contributed by atoms with E-state index in [1.54, 1.807) is 6.07 Å². The highest BCUT2D eigenvalue weighted by Crippen LogP contribution is 2.24. The van der Waals surface area contributed by atoms with E-state index in [2.05, 4.69) is 26.0 Å². The average Bonchev–Trinajstić information content (AvgIpc) is 2.29. The molecule has 2 rings (SSSR count). The zero-order valence-electron chi connectivity index (χ0n) is 10.3. The molecule has 0 saturated heterocycles. The molecule has 1 heteroatoms. The molecule has 0 aromatic heterocycles. The maximum absolute atomic E-state index is 13.7. The monoisotopic (exact) mass is 228 g/mol. The minimum absolute atomic E-state index is 0.158. The molecule has 88 valence electrons. The zero-order chi connectivity index (χ0) is 12.3. The highest BCUT2D eigenvalue weighted by Gasteiger charge is 2.05. The second kappa shape index (κ2) is 5.13. The lowest BCUT2D eigenvalue weighted by molar-refractivity contribution is 0.631. The molecule has 0 heterocycles. The van der Waals surface area contributed by atoms with Crippen molar-refractivity contribution in [3.8, 4) is 11.1 Å². The van der Waals surface area contributed by atoms with E-state index in [0.29, 0.717) is 11.5 Å². The van der Waals surface area contributed by atoms with Gasteiger partial charge in [-0.25, -0.2) is 4.39 Å². The minimum atomic E-state index is -0.158. The standard InChI is InChI=1S/C16H17F/c1-12(2)10-13-6-5-7-14(11-13)15-8-3-4-9-16(15)17/h3-9,11-12H,10H2,1-2H3. The van der Waals surface area contributed by atoms with Gasteiger partial charge in [-0.15, -0.1) is 0 Å². The summed E-state index contributed by atoms with van der Waals surface area (Å²) in [6.45, 7) is 4.38. The summed E-state index contributed by atoms with van der Waals surface area (Å²) in [7, 11) is 0. The first-order chi connectivity index (χ1) is 8.16. The lowest BCUT2D eigenvalue weighted by Gasteiger charge is -2.08. The predicted octanol–water partition coefficient (Wildman–Crippen LogP) is 4.69. The first-order valence-electron chi connectivity index (χ1n) is 6.00. The Hall–Kier alpha value is -1.63. The molecule has 0 saturated carbocycles. The van der Waals surface area contributed by atoms with Crippen LogP contribution in [0.3, 0.4) is 0 Å². The number of rotatable bonds is 3. The Balaban J connectivity index is 2.37. The maximum atomic E-state index is 13.7. The molecule has 2 aromatic carbocycles. The lowest BCUT2D eigenvalue weighted by Crippen LogP contribution is -1.94. The molecule has 0 aliphatic heterocycles. The normalized spacial score (nSPS) is 10.8. The van der Waals surface area contributed by atoms with Crippen molar-refractivity contribution in [3.05, 3.63) is 59.9 Å². The van der Waals surface area contributed by atoms with Crippen molar-refractivity contribution in [1.29, 1.82) is 0 Å². The van der Waals surface area contributed by atoms with Gasteiger partial charge in [0.15, 0.2) is 0 Å². The summed E-state index contributed by atoms with van der Waals surface area (Å²) in [5, 5.41) is 0. The number of benzene rings is 2. The van der Waals surface area contributed by atoms with E-state index in [4.69, 9.17) is 0 Å². The fourth-order valence-corrected chi connectivity index (χ4v) is 2.03. The van der Waals surface area contributed by atoms with E-state index in [0.717, 1.165) is 12.0 Å². The average molecular weight is 228 g/mol.